The summed E-state index contributed by atoms with van der Waals surface area (Å²) in [5, 5.41) is 16.4. The molecule has 3 rings (SSSR count). The number of carbonyl (C=O) groups is 2. The fourth-order valence-electron chi connectivity index (χ4n) is 2.62. The Morgan fingerprint density at radius 1 is 0.897 bits per heavy atom. The first-order valence-electron chi connectivity index (χ1n) is 8.61. The van der Waals surface area contributed by atoms with Crippen LogP contribution in [0.15, 0.2) is 72.8 Å². The number of nitrogens with one attached hydrogen (secondary N) is 2. The Morgan fingerprint density at radius 3 is 2.14 bits per heavy atom. The van der Waals surface area contributed by atoms with Gasteiger partial charge in [0.25, 0.3) is 11.6 Å². The van der Waals surface area contributed by atoms with E-state index in [-0.39, 0.29) is 28.6 Å². The first-order chi connectivity index (χ1) is 13.9. The largest absolute Gasteiger partial charge is 0.326 e. The number of rotatable bonds is 6. The van der Waals surface area contributed by atoms with Crippen molar-refractivity contribution in [2.45, 2.75) is 6.42 Å². The maximum Gasteiger partial charge on any atom is 0.270 e. The lowest BCUT2D eigenvalue weighted by Gasteiger charge is -2.09. The van der Waals surface area contributed by atoms with Crippen LogP contribution in [0.5, 0.6) is 0 Å². The second-order valence-corrected chi connectivity index (χ2v) is 6.57. The van der Waals surface area contributed by atoms with E-state index in [1.807, 2.05) is 30.3 Å². The van der Waals surface area contributed by atoms with Crippen LogP contribution in [0.1, 0.15) is 15.9 Å². The molecule has 2 amide bonds. The summed E-state index contributed by atoms with van der Waals surface area (Å²) in [5.74, 6) is -0.726. The predicted octanol–water partition coefficient (Wildman–Crippen LogP) is 4.68. The number of carbonyl (C=O) groups excluding carboxylic acids is 2. The number of non-ortho nitro benzene ring substituents is 1. The minimum atomic E-state index is -0.597. The quantitative estimate of drug-likeness (QED) is 0.455. The van der Waals surface area contributed by atoms with Crippen LogP contribution in [0.4, 0.5) is 17.1 Å². The molecule has 8 heteroatoms. The third-order valence-electron chi connectivity index (χ3n) is 4.04. The number of nitrogens with zero attached hydrogens (tertiary/aromatic N) is 1. The molecule has 0 bridgehead atoms. The van der Waals surface area contributed by atoms with Crippen LogP contribution in [0.25, 0.3) is 0 Å². The highest BCUT2D eigenvalue weighted by Crippen LogP contribution is 2.23. The van der Waals surface area contributed by atoms with E-state index < -0.39 is 10.8 Å². The topological polar surface area (TPSA) is 101 Å². The van der Waals surface area contributed by atoms with Crippen molar-refractivity contribution in [3.8, 4) is 0 Å². The number of hydrogen-bond acceptors (Lipinski definition) is 4. The van der Waals surface area contributed by atoms with E-state index in [1.54, 1.807) is 24.3 Å². The molecular weight excluding hydrogens is 394 g/mol. The van der Waals surface area contributed by atoms with E-state index in [4.69, 9.17) is 11.6 Å². The lowest BCUT2D eigenvalue weighted by molar-refractivity contribution is -0.384. The van der Waals surface area contributed by atoms with Crippen LogP contribution in [-0.2, 0) is 11.2 Å². The van der Waals surface area contributed by atoms with E-state index in [0.717, 1.165) is 11.6 Å². The van der Waals surface area contributed by atoms with Crippen molar-refractivity contribution in [2.75, 3.05) is 10.6 Å². The molecule has 3 aromatic carbocycles. The fourth-order valence-corrected chi connectivity index (χ4v) is 2.83. The lowest BCUT2D eigenvalue weighted by atomic mass is 10.1. The summed E-state index contributed by atoms with van der Waals surface area (Å²) in [6, 6.07) is 19.5. The zero-order valence-electron chi connectivity index (χ0n) is 15.1. The number of anilines is 2. The second kappa shape index (κ2) is 8.99. The van der Waals surface area contributed by atoms with Crippen LogP contribution >= 0.6 is 11.6 Å². The average Bonchev–Trinajstić information content (AvgIpc) is 2.70. The molecule has 0 aliphatic heterocycles. The smallest absolute Gasteiger partial charge is 0.270 e. The molecule has 29 heavy (non-hydrogen) atoms. The monoisotopic (exact) mass is 409 g/mol. The number of halogens is 1. The molecular formula is C21H16ClN3O4. The molecule has 0 unspecified atom stereocenters. The van der Waals surface area contributed by atoms with Gasteiger partial charge in [-0.15, -0.1) is 0 Å². The highest BCUT2D eigenvalue weighted by molar-refractivity contribution is 6.34. The van der Waals surface area contributed by atoms with E-state index >= 15 is 0 Å². The highest BCUT2D eigenvalue weighted by atomic mass is 35.5. The van der Waals surface area contributed by atoms with Gasteiger partial charge in [-0.2, -0.15) is 0 Å². The summed E-state index contributed by atoms with van der Waals surface area (Å²) in [6.45, 7) is 0. The first kappa shape index (κ1) is 20.0. The summed E-state index contributed by atoms with van der Waals surface area (Å²) in [6.07, 6.45) is 0.255. The maximum atomic E-state index is 12.4. The van der Waals surface area contributed by atoms with Gasteiger partial charge in [0.1, 0.15) is 0 Å². The minimum Gasteiger partial charge on any atom is -0.326 e. The molecule has 0 saturated heterocycles. The van der Waals surface area contributed by atoms with Crippen LogP contribution in [-0.4, -0.2) is 16.7 Å². The van der Waals surface area contributed by atoms with E-state index in [2.05, 4.69) is 10.6 Å². The van der Waals surface area contributed by atoms with Crippen LogP contribution in [0, 0.1) is 10.1 Å². The predicted molar refractivity (Wildman–Crippen MR) is 111 cm³/mol. The van der Waals surface area contributed by atoms with Gasteiger partial charge in [-0.1, -0.05) is 41.9 Å². The Balaban J connectivity index is 1.63. The van der Waals surface area contributed by atoms with E-state index in [1.165, 1.54) is 12.1 Å². The summed E-state index contributed by atoms with van der Waals surface area (Å²) in [4.78, 5) is 34.8. The van der Waals surface area contributed by atoms with Gasteiger partial charge in [0.2, 0.25) is 5.91 Å². The molecule has 2 N–H and O–H groups in total. The van der Waals surface area contributed by atoms with Crippen molar-refractivity contribution in [1.82, 2.24) is 0 Å². The number of nitro benzene ring substituents is 1. The number of benzene rings is 3. The Morgan fingerprint density at radius 2 is 1.52 bits per heavy atom. The molecule has 146 valence electrons. The SMILES string of the molecule is O=C(Cc1ccccc1)Nc1ccc(NC(=O)c2cc([N+](=O)[O-])ccc2Cl)cc1. The normalized spacial score (nSPS) is 10.2. The third kappa shape index (κ3) is 5.40. The number of hydrogen-bond donors (Lipinski definition) is 2. The molecule has 0 spiro atoms. The summed E-state index contributed by atoms with van der Waals surface area (Å²) in [7, 11) is 0. The fraction of sp³-hybridized carbons (Fsp3) is 0.0476. The molecule has 3 aromatic rings. The molecule has 0 aromatic heterocycles. The summed E-state index contributed by atoms with van der Waals surface area (Å²) >= 11 is 5.98. The zero-order chi connectivity index (χ0) is 20.8. The summed E-state index contributed by atoms with van der Waals surface area (Å²) in [5.41, 5.74) is 1.72. The summed E-state index contributed by atoms with van der Waals surface area (Å²) < 4.78 is 0. The van der Waals surface area contributed by atoms with Crippen molar-refractivity contribution in [3.05, 3.63) is 99.1 Å². The van der Waals surface area contributed by atoms with Crippen molar-refractivity contribution >= 4 is 40.5 Å². The van der Waals surface area contributed by atoms with Crippen molar-refractivity contribution in [3.63, 3.8) is 0 Å². The molecule has 0 radical (unpaired) electrons. The van der Waals surface area contributed by atoms with E-state index in [9.17, 15) is 19.7 Å². The van der Waals surface area contributed by atoms with Crippen molar-refractivity contribution < 1.29 is 14.5 Å². The second-order valence-electron chi connectivity index (χ2n) is 6.16. The third-order valence-corrected chi connectivity index (χ3v) is 4.37. The number of nitro groups is 1. The van der Waals surface area contributed by atoms with Gasteiger partial charge >= 0.3 is 0 Å². The Bertz CT molecular complexity index is 1050. The van der Waals surface area contributed by atoms with Crippen LogP contribution in [0.3, 0.4) is 0 Å². The molecule has 7 nitrogen and oxygen atoms in total. The Labute approximate surface area is 171 Å². The molecule has 0 heterocycles. The van der Waals surface area contributed by atoms with Crippen molar-refractivity contribution in [2.24, 2.45) is 0 Å². The van der Waals surface area contributed by atoms with Crippen molar-refractivity contribution in [1.29, 1.82) is 0 Å². The molecule has 0 atom stereocenters. The number of amides is 2. The van der Waals surface area contributed by atoms with Gasteiger partial charge in [-0.25, -0.2) is 0 Å². The maximum absolute atomic E-state index is 12.4. The molecule has 0 aliphatic carbocycles. The van der Waals surface area contributed by atoms with Gasteiger partial charge < -0.3 is 10.6 Å². The van der Waals surface area contributed by atoms with Gasteiger partial charge in [-0.3, -0.25) is 19.7 Å². The highest BCUT2D eigenvalue weighted by Gasteiger charge is 2.16. The van der Waals surface area contributed by atoms with Crippen LogP contribution < -0.4 is 10.6 Å². The van der Waals surface area contributed by atoms with E-state index in [0.29, 0.717) is 11.4 Å². The lowest BCUT2D eigenvalue weighted by Crippen LogP contribution is -2.15. The van der Waals surface area contributed by atoms with Gasteiger partial charge in [0.05, 0.1) is 21.9 Å². The Hall–Kier alpha value is -3.71. The van der Waals surface area contributed by atoms with Gasteiger partial charge in [-0.05, 0) is 35.9 Å². The molecule has 0 saturated carbocycles. The van der Waals surface area contributed by atoms with Gasteiger partial charge in [0.15, 0.2) is 0 Å². The first-order valence-corrected chi connectivity index (χ1v) is 8.99. The zero-order valence-corrected chi connectivity index (χ0v) is 15.8. The minimum absolute atomic E-state index is 0.00103. The van der Waals surface area contributed by atoms with Gasteiger partial charge in [0, 0.05) is 23.5 Å². The molecule has 0 fully saturated rings. The molecule has 0 aliphatic rings. The average molecular weight is 410 g/mol. The van der Waals surface area contributed by atoms with Crippen LogP contribution in [0.2, 0.25) is 5.02 Å². The standard InChI is InChI=1S/C21H16ClN3O4/c22-19-11-10-17(25(28)29)13-18(19)21(27)24-16-8-6-15(7-9-16)23-20(26)12-14-4-2-1-3-5-14/h1-11,13H,12H2,(H,23,26)(H,24,27). The Kier molecular flexibility index (Phi) is 6.21.